The number of piperidine rings is 1. The van der Waals surface area contributed by atoms with Crippen molar-refractivity contribution >= 4 is 11.8 Å². The summed E-state index contributed by atoms with van der Waals surface area (Å²) in [6.07, 6.45) is 5.08. The Balaban J connectivity index is 1.32. The van der Waals surface area contributed by atoms with Gasteiger partial charge in [0.25, 0.3) is 0 Å². The Morgan fingerprint density at radius 3 is 2.42 bits per heavy atom. The Kier molecular flexibility index (Phi) is 5.86. The first-order valence-corrected chi connectivity index (χ1v) is 9.02. The fourth-order valence-electron chi connectivity index (χ4n) is 3.12. The fraction of sp³-hybridized carbons (Fsp3) is 0.579. The molecule has 0 spiro atoms. The summed E-state index contributed by atoms with van der Waals surface area (Å²) < 4.78 is 0. The summed E-state index contributed by atoms with van der Waals surface area (Å²) in [4.78, 5) is 26.0. The predicted molar refractivity (Wildman–Crippen MR) is 93.5 cm³/mol. The predicted octanol–water partition coefficient (Wildman–Crippen LogP) is 1.34. The molecular weight excluding hydrogens is 302 g/mol. The number of carbonyl (C=O) groups is 2. The molecule has 0 atom stereocenters. The molecule has 24 heavy (non-hydrogen) atoms. The third-order valence-electron chi connectivity index (χ3n) is 4.88. The van der Waals surface area contributed by atoms with Crippen LogP contribution in [0, 0.1) is 5.92 Å². The van der Waals surface area contributed by atoms with Crippen LogP contribution in [0.1, 0.15) is 31.2 Å². The summed E-state index contributed by atoms with van der Waals surface area (Å²) in [7, 11) is 0. The molecule has 2 N–H and O–H groups in total. The van der Waals surface area contributed by atoms with E-state index in [1.807, 2.05) is 35.2 Å². The highest BCUT2D eigenvalue weighted by Gasteiger charge is 2.25. The first-order valence-electron chi connectivity index (χ1n) is 9.02. The van der Waals surface area contributed by atoms with E-state index in [9.17, 15) is 9.59 Å². The highest BCUT2D eigenvalue weighted by Crippen LogP contribution is 2.28. The van der Waals surface area contributed by atoms with Gasteiger partial charge in [-0.15, -0.1) is 0 Å². The molecule has 2 aliphatic rings. The average molecular weight is 329 g/mol. The fourth-order valence-corrected chi connectivity index (χ4v) is 3.12. The van der Waals surface area contributed by atoms with E-state index in [0.29, 0.717) is 12.5 Å². The lowest BCUT2D eigenvalue weighted by Crippen LogP contribution is -2.48. The van der Waals surface area contributed by atoms with Crippen LogP contribution in [-0.4, -0.2) is 48.9 Å². The Hall–Kier alpha value is -1.88. The van der Waals surface area contributed by atoms with Gasteiger partial charge in [-0.2, -0.15) is 0 Å². The third kappa shape index (κ3) is 5.34. The van der Waals surface area contributed by atoms with Crippen LogP contribution >= 0.6 is 0 Å². The Bertz CT molecular complexity index is 549. The second kappa shape index (κ2) is 8.29. The standard InChI is InChI=1S/C19H27N3O2/c23-18(12-15-4-2-1-3-5-15)21-14-19(24)22-10-8-17(9-11-22)20-13-16-6-7-16/h1-5,16-17,20H,6-14H2,(H,21,23). The molecule has 1 saturated carbocycles. The SMILES string of the molecule is O=C(Cc1ccccc1)NCC(=O)N1CCC(NCC2CC2)CC1. The molecule has 0 radical (unpaired) electrons. The lowest BCUT2D eigenvalue weighted by Gasteiger charge is -2.32. The van der Waals surface area contributed by atoms with E-state index in [2.05, 4.69) is 10.6 Å². The van der Waals surface area contributed by atoms with Crippen molar-refractivity contribution in [3.05, 3.63) is 35.9 Å². The van der Waals surface area contributed by atoms with Gasteiger partial charge in [-0.25, -0.2) is 0 Å². The Labute approximate surface area is 143 Å². The molecule has 1 aliphatic heterocycles. The average Bonchev–Trinajstić information content (AvgIpc) is 3.44. The second-order valence-electron chi connectivity index (χ2n) is 6.95. The van der Waals surface area contributed by atoms with Crippen molar-refractivity contribution < 1.29 is 9.59 Å². The Morgan fingerprint density at radius 2 is 1.75 bits per heavy atom. The summed E-state index contributed by atoms with van der Waals surface area (Å²) in [5.41, 5.74) is 0.963. The van der Waals surface area contributed by atoms with Crippen LogP contribution in [-0.2, 0) is 16.0 Å². The summed E-state index contributed by atoms with van der Waals surface area (Å²) in [5.74, 6) is 0.817. The number of hydrogen-bond acceptors (Lipinski definition) is 3. The molecular formula is C19H27N3O2. The van der Waals surface area contributed by atoms with Crippen molar-refractivity contribution in [1.29, 1.82) is 0 Å². The largest absolute Gasteiger partial charge is 0.347 e. The molecule has 1 saturated heterocycles. The van der Waals surface area contributed by atoms with Gasteiger partial charge in [0.2, 0.25) is 11.8 Å². The minimum absolute atomic E-state index is 0.0251. The molecule has 3 rings (SSSR count). The maximum atomic E-state index is 12.2. The van der Waals surface area contributed by atoms with E-state index >= 15 is 0 Å². The number of likely N-dealkylation sites (tertiary alicyclic amines) is 1. The van der Waals surface area contributed by atoms with Crippen LogP contribution in [0.2, 0.25) is 0 Å². The highest BCUT2D eigenvalue weighted by molar-refractivity contribution is 5.85. The number of amides is 2. The number of nitrogens with one attached hydrogen (secondary N) is 2. The first-order chi connectivity index (χ1) is 11.7. The molecule has 5 heteroatoms. The van der Waals surface area contributed by atoms with Crippen molar-refractivity contribution in [2.75, 3.05) is 26.2 Å². The van der Waals surface area contributed by atoms with Crippen LogP contribution in [0.3, 0.4) is 0 Å². The van der Waals surface area contributed by atoms with Gasteiger partial charge in [-0.3, -0.25) is 9.59 Å². The molecule has 130 valence electrons. The van der Waals surface area contributed by atoms with E-state index in [1.54, 1.807) is 0 Å². The summed E-state index contributed by atoms with van der Waals surface area (Å²) in [5, 5.41) is 6.35. The van der Waals surface area contributed by atoms with E-state index in [0.717, 1.165) is 44.0 Å². The number of nitrogens with zero attached hydrogens (tertiary/aromatic N) is 1. The number of benzene rings is 1. The lowest BCUT2D eigenvalue weighted by atomic mass is 10.0. The van der Waals surface area contributed by atoms with Crippen molar-refractivity contribution in [2.45, 2.75) is 38.1 Å². The summed E-state index contributed by atoms with van der Waals surface area (Å²) in [6.45, 7) is 2.81. The van der Waals surface area contributed by atoms with Crippen LogP contribution < -0.4 is 10.6 Å². The van der Waals surface area contributed by atoms with Crippen molar-refractivity contribution in [3.63, 3.8) is 0 Å². The van der Waals surface area contributed by atoms with E-state index in [-0.39, 0.29) is 18.4 Å². The van der Waals surface area contributed by atoms with Gasteiger partial charge in [-0.05, 0) is 43.7 Å². The first kappa shape index (κ1) is 17.0. The summed E-state index contributed by atoms with van der Waals surface area (Å²) >= 11 is 0. The minimum atomic E-state index is -0.101. The van der Waals surface area contributed by atoms with Crippen molar-refractivity contribution in [1.82, 2.24) is 15.5 Å². The highest BCUT2D eigenvalue weighted by atomic mass is 16.2. The normalized spacial score (nSPS) is 18.4. The number of carbonyl (C=O) groups excluding carboxylic acids is 2. The second-order valence-corrected chi connectivity index (χ2v) is 6.95. The monoisotopic (exact) mass is 329 g/mol. The van der Waals surface area contributed by atoms with Gasteiger partial charge in [-0.1, -0.05) is 30.3 Å². The molecule has 2 fully saturated rings. The van der Waals surface area contributed by atoms with Gasteiger partial charge in [0.05, 0.1) is 13.0 Å². The smallest absolute Gasteiger partial charge is 0.241 e. The molecule has 1 aromatic rings. The number of hydrogen-bond donors (Lipinski definition) is 2. The molecule has 5 nitrogen and oxygen atoms in total. The maximum Gasteiger partial charge on any atom is 0.241 e. The molecule has 0 unspecified atom stereocenters. The van der Waals surface area contributed by atoms with Gasteiger partial charge >= 0.3 is 0 Å². The van der Waals surface area contributed by atoms with Crippen molar-refractivity contribution in [3.8, 4) is 0 Å². The van der Waals surface area contributed by atoms with E-state index < -0.39 is 0 Å². The Morgan fingerprint density at radius 1 is 1.04 bits per heavy atom. The maximum absolute atomic E-state index is 12.2. The number of rotatable bonds is 7. The molecule has 1 heterocycles. The lowest BCUT2D eigenvalue weighted by molar-refractivity contribution is -0.133. The molecule has 0 aromatic heterocycles. The van der Waals surface area contributed by atoms with E-state index in [4.69, 9.17) is 0 Å². The molecule has 0 bridgehead atoms. The summed E-state index contributed by atoms with van der Waals surface area (Å²) in [6, 6.07) is 10.1. The topological polar surface area (TPSA) is 61.4 Å². The van der Waals surface area contributed by atoms with Gasteiger partial charge in [0, 0.05) is 19.1 Å². The van der Waals surface area contributed by atoms with Gasteiger partial charge in [0.1, 0.15) is 0 Å². The molecule has 2 amide bonds. The van der Waals surface area contributed by atoms with Crippen LogP contribution in [0.4, 0.5) is 0 Å². The molecule has 1 aromatic carbocycles. The van der Waals surface area contributed by atoms with Gasteiger partial charge < -0.3 is 15.5 Å². The van der Waals surface area contributed by atoms with Crippen LogP contribution in [0.5, 0.6) is 0 Å². The zero-order valence-corrected chi connectivity index (χ0v) is 14.2. The van der Waals surface area contributed by atoms with E-state index in [1.165, 1.54) is 12.8 Å². The third-order valence-corrected chi connectivity index (χ3v) is 4.88. The van der Waals surface area contributed by atoms with Crippen LogP contribution in [0.25, 0.3) is 0 Å². The molecule has 1 aliphatic carbocycles. The zero-order valence-electron chi connectivity index (χ0n) is 14.2. The quantitative estimate of drug-likeness (QED) is 0.793. The minimum Gasteiger partial charge on any atom is -0.347 e. The zero-order chi connectivity index (χ0) is 16.8. The van der Waals surface area contributed by atoms with Crippen molar-refractivity contribution in [2.24, 2.45) is 5.92 Å². The van der Waals surface area contributed by atoms with Crippen LogP contribution in [0.15, 0.2) is 30.3 Å². The van der Waals surface area contributed by atoms with Gasteiger partial charge in [0.15, 0.2) is 0 Å².